The van der Waals surface area contributed by atoms with Crippen LogP contribution in [0.2, 0.25) is 0 Å². The summed E-state index contributed by atoms with van der Waals surface area (Å²) in [5.41, 5.74) is 13.6. The van der Waals surface area contributed by atoms with E-state index in [0.717, 1.165) is 19.3 Å². The number of para-hydroxylation sites is 1. The highest BCUT2D eigenvalue weighted by Gasteiger charge is 2.35. The monoisotopic (exact) mass is 542 g/mol. The smallest absolute Gasteiger partial charge is 0.0541 e. The molecule has 3 aliphatic rings. The van der Waals surface area contributed by atoms with Gasteiger partial charge in [-0.1, -0.05) is 86.7 Å². The summed E-state index contributed by atoms with van der Waals surface area (Å²) in [6.45, 7) is 4.73. The predicted molar refractivity (Wildman–Crippen MR) is 177 cm³/mol. The highest BCUT2D eigenvalue weighted by atomic mass is 15.0. The Balaban J connectivity index is 1.21. The van der Waals surface area contributed by atoms with Crippen LogP contribution in [0.3, 0.4) is 0 Å². The minimum absolute atomic E-state index is 0.0214. The molecule has 204 valence electrons. The van der Waals surface area contributed by atoms with Crippen LogP contribution in [0.15, 0.2) is 91.0 Å². The minimum atomic E-state index is -0.0214. The molecule has 0 fully saturated rings. The second-order valence-electron chi connectivity index (χ2n) is 12.9. The first-order valence-corrected chi connectivity index (χ1v) is 15.3. The van der Waals surface area contributed by atoms with E-state index in [0.29, 0.717) is 5.92 Å². The van der Waals surface area contributed by atoms with E-state index < -0.39 is 0 Å². The van der Waals surface area contributed by atoms with Crippen LogP contribution in [0.25, 0.3) is 56.8 Å². The number of allylic oxidation sites excluding steroid dienone is 1. The summed E-state index contributed by atoms with van der Waals surface area (Å²) in [4.78, 5) is 0. The highest BCUT2D eigenvalue weighted by molar-refractivity contribution is 6.09. The Hall–Kier alpha value is -4.56. The third kappa shape index (κ3) is 3.15. The summed E-state index contributed by atoms with van der Waals surface area (Å²) >= 11 is 0. The highest BCUT2D eigenvalue weighted by Crippen LogP contribution is 2.49. The van der Waals surface area contributed by atoms with Crippen molar-refractivity contribution in [1.29, 1.82) is 0 Å². The lowest BCUT2D eigenvalue weighted by Gasteiger charge is -2.22. The Labute approximate surface area is 246 Å². The van der Waals surface area contributed by atoms with Gasteiger partial charge in [0.25, 0.3) is 0 Å². The lowest BCUT2D eigenvalue weighted by atomic mass is 9.82. The van der Waals surface area contributed by atoms with E-state index >= 15 is 0 Å². The third-order valence-corrected chi connectivity index (χ3v) is 10.4. The molecule has 0 spiro atoms. The van der Waals surface area contributed by atoms with E-state index in [2.05, 4.69) is 139 Å². The molecule has 2 nitrogen and oxygen atoms in total. The molecular weight excluding hydrogens is 508 g/mol. The summed E-state index contributed by atoms with van der Waals surface area (Å²) in [5.74, 6) is 0.390. The molecule has 0 bridgehead atoms. The maximum Gasteiger partial charge on any atom is 0.0541 e. The van der Waals surface area contributed by atoms with Gasteiger partial charge in [-0.05, 0) is 94.3 Å². The Kier molecular flexibility index (Phi) is 4.86. The molecular formula is C40H34N2. The molecule has 1 unspecified atom stereocenters. The number of nitrogens with zero attached hydrogens (tertiary/aromatic N) is 2. The molecule has 4 aromatic carbocycles. The first kappa shape index (κ1) is 24.1. The van der Waals surface area contributed by atoms with Gasteiger partial charge in [0.05, 0.1) is 11.0 Å². The van der Waals surface area contributed by atoms with Crippen molar-refractivity contribution < 1.29 is 0 Å². The normalized spacial score (nSPS) is 17.8. The lowest BCUT2D eigenvalue weighted by Crippen LogP contribution is -2.32. The van der Waals surface area contributed by atoms with Crippen molar-refractivity contribution in [3.8, 4) is 16.8 Å². The molecule has 3 aliphatic carbocycles. The van der Waals surface area contributed by atoms with Gasteiger partial charge >= 0.3 is 0 Å². The number of benzene rings is 4. The van der Waals surface area contributed by atoms with E-state index in [1.165, 1.54) is 77.1 Å². The molecule has 2 heteroatoms. The molecule has 0 N–H and O–H groups in total. The van der Waals surface area contributed by atoms with Crippen LogP contribution in [-0.4, -0.2) is 9.13 Å². The van der Waals surface area contributed by atoms with E-state index in [9.17, 15) is 0 Å². The molecule has 0 saturated carbocycles. The average molecular weight is 543 g/mol. The summed E-state index contributed by atoms with van der Waals surface area (Å²) in [5, 5.41) is 5.50. The van der Waals surface area contributed by atoms with Gasteiger partial charge in [0.1, 0.15) is 0 Å². The standard InChI is InChI=1S/C40H34N2/c1-40(2)34-13-7-4-10-28(34)29-19-18-27(24-35(29)40)42-38-15-9-6-12-31(38)33-23-26(17-21-39(33)42)25-16-20-37-32(22-25)30-11-5-8-14-36(30)41(37)3/h4,6-10,12-15,17-25H,5,11,16H2,1-3H3. The van der Waals surface area contributed by atoms with E-state index in [-0.39, 0.29) is 5.41 Å². The van der Waals surface area contributed by atoms with Crippen molar-refractivity contribution >= 4 is 40.0 Å². The molecule has 42 heavy (non-hydrogen) atoms. The first-order valence-electron chi connectivity index (χ1n) is 15.3. The fourth-order valence-electron chi connectivity index (χ4n) is 8.21. The van der Waals surface area contributed by atoms with E-state index in [1.54, 1.807) is 0 Å². The summed E-state index contributed by atoms with van der Waals surface area (Å²) in [6.07, 6.45) is 13.0. The molecule has 0 amide bonds. The minimum Gasteiger partial charge on any atom is -0.344 e. The zero-order valence-electron chi connectivity index (χ0n) is 24.5. The number of aromatic nitrogens is 2. The molecule has 1 atom stereocenters. The molecule has 2 aromatic heterocycles. The lowest BCUT2D eigenvalue weighted by molar-refractivity contribution is 0.660. The maximum absolute atomic E-state index is 2.55. The van der Waals surface area contributed by atoms with Crippen molar-refractivity contribution in [2.45, 2.75) is 44.4 Å². The fourth-order valence-corrected chi connectivity index (χ4v) is 8.21. The second kappa shape index (κ2) is 8.49. The third-order valence-electron chi connectivity index (χ3n) is 10.4. The van der Waals surface area contributed by atoms with Crippen molar-refractivity contribution in [2.75, 3.05) is 0 Å². The van der Waals surface area contributed by atoms with Gasteiger partial charge in [-0.25, -0.2) is 0 Å². The predicted octanol–water partition coefficient (Wildman–Crippen LogP) is 8.14. The van der Waals surface area contributed by atoms with E-state index in [4.69, 9.17) is 0 Å². The van der Waals surface area contributed by atoms with Crippen LogP contribution < -0.4 is 10.6 Å². The fraction of sp³-hybridized carbons (Fsp3) is 0.200. The van der Waals surface area contributed by atoms with Gasteiger partial charge in [0.2, 0.25) is 0 Å². The number of hydrogen-bond acceptors (Lipinski definition) is 0. The molecule has 0 saturated heterocycles. The molecule has 0 radical (unpaired) electrons. The molecule has 2 heterocycles. The van der Waals surface area contributed by atoms with Gasteiger partial charge in [0, 0.05) is 45.9 Å². The van der Waals surface area contributed by atoms with Crippen molar-refractivity contribution in [2.24, 2.45) is 7.05 Å². The van der Waals surface area contributed by atoms with Crippen molar-refractivity contribution in [3.05, 3.63) is 130 Å². The maximum atomic E-state index is 2.55. The molecule has 6 aromatic rings. The second-order valence-corrected chi connectivity index (χ2v) is 12.9. The van der Waals surface area contributed by atoms with Crippen LogP contribution >= 0.6 is 0 Å². The number of fused-ring (bicyclic) bond motifs is 9. The molecule has 9 rings (SSSR count). The van der Waals surface area contributed by atoms with Gasteiger partial charge in [-0.3, -0.25) is 0 Å². The Bertz CT molecular complexity index is 2270. The van der Waals surface area contributed by atoms with Gasteiger partial charge in [-0.2, -0.15) is 0 Å². The average Bonchev–Trinajstić information content (AvgIpc) is 3.60. The van der Waals surface area contributed by atoms with Gasteiger partial charge < -0.3 is 9.13 Å². The Morgan fingerprint density at radius 2 is 1.60 bits per heavy atom. The largest absolute Gasteiger partial charge is 0.344 e. The van der Waals surface area contributed by atoms with Crippen molar-refractivity contribution in [1.82, 2.24) is 9.13 Å². The van der Waals surface area contributed by atoms with Crippen LogP contribution in [0.4, 0.5) is 0 Å². The summed E-state index contributed by atoms with van der Waals surface area (Å²) in [6, 6.07) is 32.1. The summed E-state index contributed by atoms with van der Waals surface area (Å²) < 4.78 is 4.86. The van der Waals surface area contributed by atoms with E-state index in [1.807, 2.05) is 0 Å². The van der Waals surface area contributed by atoms with Crippen LogP contribution in [0.1, 0.15) is 60.6 Å². The van der Waals surface area contributed by atoms with Crippen LogP contribution in [0.5, 0.6) is 0 Å². The summed E-state index contributed by atoms with van der Waals surface area (Å²) in [7, 11) is 2.22. The quantitative estimate of drug-likeness (QED) is 0.209. The topological polar surface area (TPSA) is 9.86 Å². The zero-order chi connectivity index (χ0) is 28.2. The SMILES string of the molecule is Cn1c2c(c3c1=CCC(c1ccc4c(c1)c1ccccc1n4-c1ccc4c(c1)C(C)(C)c1ccccc1-4)C=3)CCC=C2. The van der Waals surface area contributed by atoms with Crippen LogP contribution in [0, 0.1) is 0 Å². The van der Waals surface area contributed by atoms with Crippen molar-refractivity contribution in [3.63, 3.8) is 0 Å². The molecule has 0 aliphatic heterocycles. The van der Waals surface area contributed by atoms with Gasteiger partial charge in [-0.15, -0.1) is 0 Å². The van der Waals surface area contributed by atoms with Gasteiger partial charge in [0.15, 0.2) is 0 Å². The Morgan fingerprint density at radius 1 is 0.786 bits per heavy atom. The number of hydrogen-bond donors (Lipinski definition) is 0. The first-order chi connectivity index (χ1) is 20.5. The Morgan fingerprint density at radius 3 is 2.52 bits per heavy atom. The van der Waals surface area contributed by atoms with Crippen LogP contribution in [-0.2, 0) is 18.9 Å². The zero-order valence-corrected chi connectivity index (χ0v) is 24.5. The number of rotatable bonds is 2.